The lowest BCUT2D eigenvalue weighted by atomic mass is 10.1. The molecule has 4 rings (SSSR count). The average Bonchev–Trinajstić information content (AvgIpc) is 3.36. The van der Waals surface area contributed by atoms with Crippen LogP contribution in [0.3, 0.4) is 0 Å². The number of nitrogens with zero attached hydrogens (tertiary/aromatic N) is 2. The SMILES string of the molecule is O=C(Nc1ccn(-c2cc(C(=O)O[C@H]3CCSC3)c(COP(=O)(O)O)cc2F)c(=O)n1)c1ccccc1. The number of aromatic nitrogens is 2. The molecule has 0 spiro atoms. The number of carbonyl (C=O) groups is 2. The highest BCUT2D eigenvalue weighted by Crippen LogP contribution is 2.37. The summed E-state index contributed by atoms with van der Waals surface area (Å²) in [5.74, 6) is -1.03. The highest BCUT2D eigenvalue weighted by molar-refractivity contribution is 7.99. The second kappa shape index (κ2) is 11.4. The maximum Gasteiger partial charge on any atom is 0.469 e. The van der Waals surface area contributed by atoms with Crippen LogP contribution in [0.15, 0.2) is 59.5 Å². The molecular weight excluding hydrogens is 528 g/mol. The van der Waals surface area contributed by atoms with Gasteiger partial charge in [-0.1, -0.05) is 18.2 Å². The lowest BCUT2D eigenvalue weighted by Gasteiger charge is -2.16. The molecule has 0 saturated carbocycles. The van der Waals surface area contributed by atoms with Crippen LogP contribution < -0.4 is 11.0 Å². The van der Waals surface area contributed by atoms with Gasteiger partial charge in [-0.3, -0.25) is 13.9 Å². The molecule has 0 unspecified atom stereocenters. The fourth-order valence-electron chi connectivity index (χ4n) is 3.51. The quantitative estimate of drug-likeness (QED) is 0.282. The van der Waals surface area contributed by atoms with Crippen molar-refractivity contribution in [3.8, 4) is 5.69 Å². The lowest BCUT2D eigenvalue weighted by Crippen LogP contribution is -2.25. The van der Waals surface area contributed by atoms with Crippen LogP contribution in [0, 0.1) is 5.82 Å². The van der Waals surface area contributed by atoms with Gasteiger partial charge in [0.2, 0.25) is 0 Å². The Morgan fingerprint density at radius 1 is 1.22 bits per heavy atom. The van der Waals surface area contributed by atoms with Gasteiger partial charge in [0.25, 0.3) is 5.91 Å². The molecule has 1 aliphatic heterocycles. The van der Waals surface area contributed by atoms with Crippen LogP contribution in [0.4, 0.5) is 10.2 Å². The van der Waals surface area contributed by atoms with Crippen LogP contribution in [0.25, 0.3) is 5.69 Å². The standard InChI is InChI=1S/C23H21FN3O8PS/c24-18-10-15(12-34-36(31,32)33)17(22(29)35-16-7-9-37-13-16)11-19(18)27-8-6-20(26-23(27)30)25-21(28)14-4-2-1-3-5-14/h1-6,8,10-11,16H,7,9,12-13H2,(H2,31,32,33)(H,25,26,28,30)/t16-/m0/s1. The lowest BCUT2D eigenvalue weighted by molar-refractivity contribution is 0.0352. The monoisotopic (exact) mass is 549 g/mol. The molecule has 37 heavy (non-hydrogen) atoms. The summed E-state index contributed by atoms with van der Waals surface area (Å²) >= 11 is 1.60. The van der Waals surface area contributed by atoms with E-state index in [1.807, 2.05) is 0 Å². The Morgan fingerprint density at radius 2 is 1.97 bits per heavy atom. The number of halogens is 1. The maximum absolute atomic E-state index is 15.1. The molecule has 2 heterocycles. The third kappa shape index (κ3) is 6.90. The zero-order valence-corrected chi connectivity index (χ0v) is 20.8. The zero-order chi connectivity index (χ0) is 26.6. The number of hydrogen-bond donors (Lipinski definition) is 3. The Labute approximate surface area is 213 Å². The Hall–Kier alpha value is -3.35. The first-order valence-electron chi connectivity index (χ1n) is 10.9. The molecule has 0 aliphatic carbocycles. The number of carbonyl (C=O) groups excluding carboxylic acids is 2. The van der Waals surface area contributed by atoms with E-state index in [-0.39, 0.29) is 28.7 Å². The Kier molecular flexibility index (Phi) is 8.20. The predicted molar refractivity (Wildman–Crippen MR) is 132 cm³/mol. The molecular formula is C23H21FN3O8PS. The third-order valence-corrected chi connectivity index (χ3v) is 6.88. The summed E-state index contributed by atoms with van der Waals surface area (Å²) < 4.78 is 36.9. The molecule has 1 amide bonds. The highest BCUT2D eigenvalue weighted by Gasteiger charge is 2.26. The molecule has 0 radical (unpaired) electrons. The molecule has 1 aromatic heterocycles. The van der Waals surface area contributed by atoms with Gasteiger partial charge in [0, 0.05) is 17.5 Å². The first kappa shape index (κ1) is 26.7. The minimum absolute atomic E-state index is 0.0689. The first-order chi connectivity index (χ1) is 17.6. The summed E-state index contributed by atoms with van der Waals surface area (Å²) in [5.41, 5.74) is -1.36. The van der Waals surface area contributed by atoms with Gasteiger partial charge in [-0.25, -0.2) is 18.5 Å². The number of phosphoric ester groups is 1. The summed E-state index contributed by atoms with van der Waals surface area (Å²) in [6.07, 6.45) is 1.42. The van der Waals surface area contributed by atoms with E-state index in [1.165, 1.54) is 12.3 Å². The Morgan fingerprint density at radius 3 is 2.62 bits per heavy atom. The molecule has 1 saturated heterocycles. The van der Waals surface area contributed by atoms with Gasteiger partial charge >= 0.3 is 19.5 Å². The fraction of sp³-hybridized carbons (Fsp3) is 0.217. The van der Waals surface area contributed by atoms with Gasteiger partial charge in [0.15, 0.2) is 0 Å². The number of phosphoric acid groups is 1. The predicted octanol–water partition coefficient (Wildman–Crippen LogP) is 2.90. The van der Waals surface area contributed by atoms with Crippen molar-refractivity contribution in [2.75, 3.05) is 16.8 Å². The van der Waals surface area contributed by atoms with E-state index < -0.39 is 37.8 Å². The van der Waals surface area contributed by atoms with E-state index in [0.717, 1.165) is 22.5 Å². The van der Waals surface area contributed by atoms with Gasteiger partial charge in [-0.15, -0.1) is 0 Å². The van der Waals surface area contributed by atoms with Crippen molar-refractivity contribution in [2.24, 2.45) is 0 Å². The van der Waals surface area contributed by atoms with Crippen LogP contribution in [0.2, 0.25) is 0 Å². The molecule has 11 nitrogen and oxygen atoms in total. The molecule has 1 atom stereocenters. The van der Waals surface area contributed by atoms with Crippen molar-refractivity contribution in [3.05, 3.63) is 87.7 Å². The van der Waals surface area contributed by atoms with Crippen molar-refractivity contribution in [1.82, 2.24) is 9.55 Å². The van der Waals surface area contributed by atoms with Crippen LogP contribution in [0.1, 0.15) is 32.7 Å². The largest absolute Gasteiger partial charge is 0.469 e. The highest BCUT2D eigenvalue weighted by atomic mass is 32.2. The fourth-order valence-corrected chi connectivity index (χ4v) is 4.91. The summed E-state index contributed by atoms with van der Waals surface area (Å²) in [7, 11) is -4.92. The van der Waals surface area contributed by atoms with Gasteiger partial charge < -0.3 is 19.8 Å². The average molecular weight is 549 g/mol. The number of esters is 1. The van der Waals surface area contributed by atoms with E-state index in [1.54, 1.807) is 42.1 Å². The maximum atomic E-state index is 15.1. The van der Waals surface area contributed by atoms with Gasteiger partial charge in [-0.05, 0) is 48.1 Å². The number of benzene rings is 2. The summed E-state index contributed by atoms with van der Waals surface area (Å²) in [5, 5.41) is 2.48. The van der Waals surface area contributed by atoms with E-state index in [2.05, 4.69) is 14.8 Å². The topological polar surface area (TPSA) is 157 Å². The molecule has 1 aliphatic rings. The first-order valence-corrected chi connectivity index (χ1v) is 13.6. The molecule has 3 aromatic rings. The summed E-state index contributed by atoms with van der Waals surface area (Å²) in [4.78, 5) is 59.7. The van der Waals surface area contributed by atoms with Crippen LogP contribution in [-0.2, 0) is 20.4 Å². The van der Waals surface area contributed by atoms with E-state index in [4.69, 9.17) is 14.5 Å². The number of hydrogen-bond acceptors (Lipinski definition) is 8. The van der Waals surface area contributed by atoms with Gasteiger partial charge in [0.05, 0.1) is 17.9 Å². The summed E-state index contributed by atoms with van der Waals surface area (Å²) in [6, 6.07) is 11.4. The third-order valence-electron chi connectivity index (χ3n) is 5.28. The minimum atomic E-state index is -4.92. The molecule has 0 bridgehead atoms. The smallest absolute Gasteiger partial charge is 0.458 e. The summed E-state index contributed by atoms with van der Waals surface area (Å²) in [6.45, 7) is -0.775. The van der Waals surface area contributed by atoms with Crippen LogP contribution >= 0.6 is 19.6 Å². The molecule has 2 aromatic carbocycles. The molecule has 194 valence electrons. The zero-order valence-electron chi connectivity index (χ0n) is 19.1. The molecule has 3 N–H and O–H groups in total. The number of nitrogens with one attached hydrogen (secondary N) is 1. The molecule has 1 fully saturated rings. The number of rotatable bonds is 8. The number of amides is 1. The van der Waals surface area contributed by atoms with E-state index in [9.17, 15) is 18.9 Å². The normalized spacial score (nSPS) is 15.4. The van der Waals surface area contributed by atoms with Gasteiger partial charge in [-0.2, -0.15) is 16.7 Å². The second-order valence-corrected chi connectivity index (χ2v) is 10.3. The van der Waals surface area contributed by atoms with Crippen molar-refractivity contribution in [1.29, 1.82) is 0 Å². The van der Waals surface area contributed by atoms with Crippen LogP contribution in [0.5, 0.6) is 0 Å². The van der Waals surface area contributed by atoms with Gasteiger partial charge in [0.1, 0.15) is 17.7 Å². The minimum Gasteiger partial charge on any atom is -0.458 e. The van der Waals surface area contributed by atoms with E-state index in [0.29, 0.717) is 17.7 Å². The van der Waals surface area contributed by atoms with Crippen molar-refractivity contribution in [2.45, 2.75) is 19.1 Å². The number of thioether (sulfide) groups is 1. The van der Waals surface area contributed by atoms with E-state index >= 15 is 4.39 Å². The number of ether oxygens (including phenoxy) is 1. The Bertz CT molecular complexity index is 1420. The van der Waals surface area contributed by atoms with Crippen molar-refractivity contribution in [3.63, 3.8) is 0 Å². The number of anilines is 1. The van der Waals surface area contributed by atoms with Crippen molar-refractivity contribution >= 4 is 37.3 Å². The molecule has 14 heteroatoms. The Balaban J connectivity index is 1.65. The van der Waals surface area contributed by atoms with Crippen molar-refractivity contribution < 1.29 is 37.6 Å². The van der Waals surface area contributed by atoms with Crippen LogP contribution in [-0.4, -0.2) is 48.8 Å². The second-order valence-electron chi connectivity index (χ2n) is 7.90.